The Kier molecular flexibility index (Phi) is 3.76. The van der Waals surface area contributed by atoms with Crippen LogP contribution in [-0.2, 0) is 17.6 Å². The molecule has 3 nitrogen and oxygen atoms in total. The molecule has 0 saturated heterocycles. The van der Waals surface area contributed by atoms with Crippen molar-refractivity contribution in [3.8, 4) is 0 Å². The number of Topliss-reactive ketones (excluding diaryl/α,β-unsaturated/α-hetero) is 1. The zero-order valence-electron chi connectivity index (χ0n) is 11.4. The van der Waals surface area contributed by atoms with Gasteiger partial charge in [0.2, 0.25) is 5.91 Å². The average Bonchev–Trinajstić information content (AvgIpc) is 2.46. The largest absolute Gasteiger partial charge is 0.326 e. The Bertz CT molecular complexity index is 724. The third-order valence-electron chi connectivity index (χ3n) is 3.58. The first-order valence-electron chi connectivity index (χ1n) is 6.82. The highest BCUT2D eigenvalue weighted by molar-refractivity contribution is 6.30. The van der Waals surface area contributed by atoms with Crippen molar-refractivity contribution < 1.29 is 9.59 Å². The zero-order valence-corrected chi connectivity index (χ0v) is 12.1. The molecule has 0 fully saturated rings. The second-order valence-electron chi connectivity index (χ2n) is 5.15. The Morgan fingerprint density at radius 3 is 2.81 bits per heavy atom. The smallest absolute Gasteiger partial charge is 0.224 e. The van der Waals surface area contributed by atoms with Gasteiger partial charge in [-0.1, -0.05) is 23.7 Å². The quantitative estimate of drug-likeness (QED) is 0.879. The van der Waals surface area contributed by atoms with E-state index in [0.29, 0.717) is 29.8 Å². The monoisotopic (exact) mass is 299 g/mol. The van der Waals surface area contributed by atoms with E-state index in [9.17, 15) is 9.59 Å². The van der Waals surface area contributed by atoms with E-state index in [-0.39, 0.29) is 11.7 Å². The summed E-state index contributed by atoms with van der Waals surface area (Å²) in [7, 11) is 0. The van der Waals surface area contributed by atoms with Crippen LogP contribution in [0.3, 0.4) is 0 Å². The molecule has 1 N–H and O–H groups in total. The van der Waals surface area contributed by atoms with Crippen molar-refractivity contribution in [2.24, 2.45) is 0 Å². The van der Waals surface area contributed by atoms with Crippen molar-refractivity contribution in [2.45, 2.75) is 19.3 Å². The number of benzene rings is 2. The minimum Gasteiger partial charge on any atom is -0.326 e. The van der Waals surface area contributed by atoms with Gasteiger partial charge in [0.05, 0.1) is 0 Å². The van der Waals surface area contributed by atoms with Gasteiger partial charge in [0.15, 0.2) is 5.78 Å². The first-order valence-corrected chi connectivity index (χ1v) is 7.20. The van der Waals surface area contributed by atoms with Gasteiger partial charge in [-0.2, -0.15) is 0 Å². The number of halogens is 1. The molecule has 21 heavy (non-hydrogen) atoms. The third-order valence-corrected chi connectivity index (χ3v) is 3.81. The molecule has 3 rings (SSSR count). The SMILES string of the molecule is O=C1CCc2cc(C(=O)Cc3cccc(Cl)c3)ccc2N1. The fourth-order valence-electron chi connectivity index (χ4n) is 2.49. The van der Waals surface area contributed by atoms with Crippen LogP contribution in [0.5, 0.6) is 0 Å². The summed E-state index contributed by atoms with van der Waals surface area (Å²) in [6.07, 6.45) is 1.48. The lowest BCUT2D eigenvalue weighted by Gasteiger charge is -2.17. The molecule has 106 valence electrons. The van der Waals surface area contributed by atoms with Gasteiger partial charge in [0, 0.05) is 29.1 Å². The second-order valence-corrected chi connectivity index (χ2v) is 5.59. The predicted octanol–water partition coefficient (Wildman–Crippen LogP) is 3.65. The number of rotatable bonds is 3. The Morgan fingerprint density at radius 2 is 2.00 bits per heavy atom. The molecule has 0 atom stereocenters. The van der Waals surface area contributed by atoms with Crippen LogP contribution in [-0.4, -0.2) is 11.7 Å². The number of aryl methyl sites for hydroxylation is 1. The van der Waals surface area contributed by atoms with Crippen LogP contribution in [0.2, 0.25) is 5.02 Å². The van der Waals surface area contributed by atoms with E-state index in [2.05, 4.69) is 5.32 Å². The maximum Gasteiger partial charge on any atom is 0.224 e. The van der Waals surface area contributed by atoms with E-state index < -0.39 is 0 Å². The lowest BCUT2D eigenvalue weighted by Crippen LogP contribution is -2.19. The van der Waals surface area contributed by atoms with Gasteiger partial charge in [0.25, 0.3) is 0 Å². The van der Waals surface area contributed by atoms with E-state index in [1.165, 1.54) is 0 Å². The minimum atomic E-state index is 0.0282. The molecule has 0 aliphatic carbocycles. The van der Waals surface area contributed by atoms with Gasteiger partial charge in [-0.15, -0.1) is 0 Å². The highest BCUT2D eigenvalue weighted by Gasteiger charge is 2.16. The number of anilines is 1. The third kappa shape index (κ3) is 3.14. The van der Waals surface area contributed by atoms with E-state index in [0.717, 1.165) is 16.8 Å². The number of hydrogen-bond acceptors (Lipinski definition) is 2. The number of ketones is 1. The van der Waals surface area contributed by atoms with Crippen molar-refractivity contribution in [2.75, 3.05) is 5.32 Å². The molecule has 0 spiro atoms. The Labute approximate surface area is 127 Å². The first kappa shape index (κ1) is 13.8. The minimum absolute atomic E-state index is 0.0282. The van der Waals surface area contributed by atoms with Gasteiger partial charge < -0.3 is 5.32 Å². The number of amides is 1. The van der Waals surface area contributed by atoms with Crippen LogP contribution in [0, 0.1) is 0 Å². The number of fused-ring (bicyclic) bond motifs is 1. The Morgan fingerprint density at radius 1 is 1.14 bits per heavy atom. The molecule has 0 aromatic heterocycles. The lowest BCUT2D eigenvalue weighted by molar-refractivity contribution is -0.116. The summed E-state index contributed by atoms with van der Waals surface area (Å²) >= 11 is 5.93. The Balaban J connectivity index is 1.81. The molecule has 1 aliphatic rings. The molecular formula is C17H14ClNO2. The molecule has 0 radical (unpaired) electrons. The molecule has 1 aliphatic heterocycles. The van der Waals surface area contributed by atoms with Crippen molar-refractivity contribution >= 4 is 29.0 Å². The summed E-state index contributed by atoms with van der Waals surface area (Å²) in [5.74, 6) is 0.0810. The molecule has 2 aromatic rings. The topological polar surface area (TPSA) is 46.2 Å². The van der Waals surface area contributed by atoms with Crippen LogP contribution in [0.25, 0.3) is 0 Å². The first-order chi connectivity index (χ1) is 10.1. The zero-order chi connectivity index (χ0) is 14.8. The van der Waals surface area contributed by atoms with Crippen molar-refractivity contribution in [3.05, 3.63) is 64.2 Å². The maximum atomic E-state index is 12.3. The fraction of sp³-hybridized carbons (Fsp3) is 0.176. The van der Waals surface area contributed by atoms with Gasteiger partial charge in [0.1, 0.15) is 0 Å². The Hall–Kier alpha value is -2.13. The van der Waals surface area contributed by atoms with E-state index in [4.69, 9.17) is 11.6 Å². The van der Waals surface area contributed by atoms with E-state index in [1.54, 1.807) is 24.3 Å². The fourth-order valence-corrected chi connectivity index (χ4v) is 2.70. The number of nitrogens with one attached hydrogen (secondary N) is 1. The van der Waals surface area contributed by atoms with Gasteiger partial charge >= 0.3 is 0 Å². The summed E-state index contributed by atoms with van der Waals surface area (Å²) in [6, 6.07) is 12.8. The number of carbonyl (C=O) groups is 2. The maximum absolute atomic E-state index is 12.3. The summed E-state index contributed by atoms with van der Waals surface area (Å²) in [5, 5.41) is 3.45. The second kappa shape index (κ2) is 5.70. The highest BCUT2D eigenvalue weighted by Crippen LogP contribution is 2.24. The molecule has 4 heteroatoms. The summed E-state index contributed by atoms with van der Waals surface area (Å²) in [4.78, 5) is 23.7. The number of carbonyl (C=O) groups excluding carboxylic acids is 2. The van der Waals surface area contributed by atoms with Crippen LogP contribution in [0.4, 0.5) is 5.69 Å². The summed E-state index contributed by atoms with van der Waals surface area (Å²) in [6.45, 7) is 0. The standard InChI is InChI=1S/C17H14ClNO2/c18-14-3-1-2-11(8-14)9-16(20)13-4-6-15-12(10-13)5-7-17(21)19-15/h1-4,6,8,10H,5,7,9H2,(H,19,21). The normalized spacial score (nSPS) is 13.5. The summed E-state index contributed by atoms with van der Waals surface area (Å²) < 4.78 is 0. The van der Waals surface area contributed by atoms with E-state index in [1.807, 2.05) is 18.2 Å². The van der Waals surface area contributed by atoms with Crippen LogP contribution >= 0.6 is 11.6 Å². The summed E-state index contributed by atoms with van der Waals surface area (Å²) in [5.41, 5.74) is 3.40. The van der Waals surface area contributed by atoms with Gasteiger partial charge in [-0.3, -0.25) is 9.59 Å². The predicted molar refractivity (Wildman–Crippen MR) is 82.9 cm³/mol. The molecule has 0 saturated carbocycles. The van der Waals surface area contributed by atoms with Crippen molar-refractivity contribution in [1.82, 2.24) is 0 Å². The van der Waals surface area contributed by atoms with Crippen molar-refractivity contribution in [3.63, 3.8) is 0 Å². The van der Waals surface area contributed by atoms with Crippen LogP contribution < -0.4 is 5.32 Å². The average molecular weight is 300 g/mol. The number of hydrogen-bond donors (Lipinski definition) is 1. The van der Waals surface area contributed by atoms with E-state index >= 15 is 0 Å². The molecule has 1 heterocycles. The molecule has 1 amide bonds. The van der Waals surface area contributed by atoms with Crippen LogP contribution in [0.15, 0.2) is 42.5 Å². The van der Waals surface area contributed by atoms with Crippen molar-refractivity contribution in [1.29, 1.82) is 0 Å². The van der Waals surface area contributed by atoms with Crippen LogP contribution in [0.1, 0.15) is 27.9 Å². The molecular weight excluding hydrogens is 286 g/mol. The molecule has 2 aromatic carbocycles. The molecule has 0 unspecified atom stereocenters. The van der Waals surface area contributed by atoms with Gasteiger partial charge in [-0.05, 0) is 47.9 Å². The van der Waals surface area contributed by atoms with Gasteiger partial charge in [-0.25, -0.2) is 0 Å². The highest BCUT2D eigenvalue weighted by atomic mass is 35.5. The molecule has 0 bridgehead atoms. The lowest BCUT2D eigenvalue weighted by atomic mass is 9.96.